The number of thioether (sulfide) groups is 1. The van der Waals surface area contributed by atoms with E-state index in [1.54, 1.807) is 6.20 Å². The highest BCUT2D eigenvalue weighted by atomic mass is 32.2. The number of benzene rings is 1. The molecule has 1 aromatic carbocycles. The third kappa shape index (κ3) is 3.37. The third-order valence-electron chi connectivity index (χ3n) is 4.44. The number of nitrogens with zero attached hydrogens (tertiary/aromatic N) is 3. The van der Waals surface area contributed by atoms with Crippen LogP contribution in [0, 0.1) is 6.92 Å². The van der Waals surface area contributed by atoms with Crippen LogP contribution in [0.1, 0.15) is 16.1 Å². The summed E-state index contributed by atoms with van der Waals surface area (Å²) in [6.07, 6.45) is 1.66. The van der Waals surface area contributed by atoms with E-state index in [9.17, 15) is 4.79 Å². The molecule has 3 aromatic rings. The lowest BCUT2D eigenvalue weighted by molar-refractivity contribution is 0.0773. The van der Waals surface area contributed by atoms with Crippen molar-refractivity contribution in [1.29, 1.82) is 0 Å². The lowest BCUT2D eigenvalue weighted by Crippen LogP contribution is -2.38. The van der Waals surface area contributed by atoms with Crippen molar-refractivity contribution in [3.63, 3.8) is 0 Å². The van der Waals surface area contributed by atoms with Gasteiger partial charge < -0.3 is 10.2 Å². The van der Waals surface area contributed by atoms with Gasteiger partial charge >= 0.3 is 0 Å². The molecule has 3 heterocycles. The molecule has 0 aliphatic carbocycles. The van der Waals surface area contributed by atoms with Gasteiger partial charge in [-0.1, -0.05) is 18.2 Å². The molecule has 1 N–H and O–H groups in total. The second-order valence-corrected chi connectivity index (χ2v) is 7.49. The third-order valence-corrected chi connectivity index (χ3v) is 5.38. The van der Waals surface area contributed by atoms with Crippen LogP contribution in [0.3, 0.4) is 0 Å². The van der Waals surface area contributed by atoms with Crippen molar-refractivity contribution in [3.05, 3.63) is 59.9 Å². The number of aromatic nitrogens is 2. The van der Waals surface area contributed by atoms with E-state index in [4.69, 9.17) is 0 Å². The molecule has 4 rings (SSSR count). The Kier molecular flexibility index (Phi) is 4.75. The quantitative estimate of drug-likeness (QED) is 0.764. The van der Waals surface area contributed by atoms with Crippen molar-refractivity contribution < 1.29 is 4.79 Å². The molecule has 1 fully saturated rings. The molecule has 5 nitrogen and oxygen atoms in total. The standard InChI is InChI=1S/C20H20N4OS/c1-14-7-8-16-18(23-15-5-3-2-4-6-15)17(13-21-19(16)22-14)20(25)24-9-11-26-12-10-24/h2-8,13H,9-12H2,1H3,(H,21,22,23). The van der Waals surface area contributed by atoms with Crippen LogP contribution in [0.2, 0.25) is 0 Å². The first-order chi connectivity index (χ1) is 12.7. The van der Waals surface area contributed by atoms with Crippen LogP contribution in [0.4, 0.5) is 11.4 Å². The molecule has 0 atom stereocenters. The number of hydrogen-bond donors (Lipinski definition) is 1. The summed E-state index contributed by atoms with van der Waals surface area (Å²) in [5.74, 6) is 1.99. The van der Waals surface area contributed by atoms with Crippen LogP contribution in [0.25, 0.3) is 11.0 Å². The Hall–Kier alpha value is -2.60. The fourth-order valence-electron chi connectivity index (χ4n) is 3.07. The summed E-state index contributed by atoms with van der Waals surface area (Å²) in [4.78, 5) is 24.0. The van der Waals surface area contributed by atoms with Gasteiger partial charge in [0.05, 0.1) is 11.3 Å². The van der Waals surface area contributed by atoms with Crippen molar-refractivity contribution in [2.45, 2.75) is 6.92 Å². The van der Waals surface area contributed by atoms with Gasteiger partial charge in [0.25, 0.3) is 5.91 Å². The van der Waals surface area contributed by atoms with Crippen LogP contribution >= 0.6 is 11.8 Å². The Morgan fingerprint density at radius 2 is 1.88 bits per heavy atom. The van der Waals surface area contributed by atoms with Crippen molar-refractivity contribution >= 4 is 40.1 Å². The molecular weight excluding hydrogens is 344 g/mol. The van der Waals surface area contributed by atoms with Crippen molar-refractivity contribution in [2.24, 2.45) is 0 Å². The number of anilines is 2. The fourth-order valence-corrected chi connectivity index (χ4v) is 3.97. The summed E-state index contributed by atoms with van der Waals surface area (Å²) in [7, 11) is 0. The Bertz CT molecular complexity index is 939. The van der Waals surface area contributed by atoms with Gasteiger partial charge in [0, 0.05) is 47.6 Å². The van der Waals surface area contributed by atoms with Gasteiger partial charge in [0.1, 0.15) is 0 Å². The molecule has 0 radical (unpaired) electrons. The molecule has 1 aliphatic rings. The predicted octanol–water partition coefficient (Wildman–Crippen LogP) is 3.87. The van der Waals surface area contributed by atoms with E-state index in [0.717, 1.165) is 47.1 Å². The smallest absolute Gasteiger partial charge is 0.257 e. The SMILES string of the molecule is Cc1ccc2c(Nc3ccccc3)c(C(=O)N3CCSCC3)cnc2n1. The zero-order chi connectivity index (χ0) is 17.9. The van der Waals surface area contributed by atoms with Crippen LogP contribution in [-0.4, -0.2) is 45.4 Å². The van der Waals surface area contributed by atoms with Crippen LogP contribution in [0.5, 0.6) is 0 Å². The molecule has 1 aliphatic heterocycles. The first-order valence-corrected chi connectivity index (χ1v) is 9.83. The summed E-state index contributed by atoms with van der Waals surface area (Å²) in [6, 6.07) is 13.8. The number of carbonyl (C=O) groups is 1. The topological polar surface area (TPSA) is 58.1 Å². The average molecular weight is 364 g/mol. The van der Waals surface area contributed by atoms with Crippen molar-refractivity contribution in [2.75, 3.05) is 29.9 Å². The predicted molar refractivity (Wildman–Crippen MR) is 107 cm³/mol. The Morgan fingerprint density at radius 1 is 1.12 bits per heavy atom. The number of amides is 1. The fraction of sp³-hybridized carbons (Fsp3) is 0.250. The first kappa shape index (κ1) is 16.8. The average Bonchev–Trinajstić information content (AvgIpc) is 2.69. The molecule has 6 heteroatoms. The maximum Gasteiger partial charge on any atom is 0.257 e. The first-order valence-electron chi connectivity index (χ1n) is 8.68. The minimum absolute atomic E-state index is 0.0266. The van der Waals surface area contributed by atoms with E-state index >= 15 is 0 Å². The second kappa shape index (κ2) is 7.33. The highest BCUT2D eigenvalue weighted by molar-refractivity contribution is 7.99. The molecule has 0 unspecified atom stereocenters. The molecule has 0 saturated carbocycles. The number of carbonyl (C=O) groups excluding carboxylic acids is 1. The van der Waals surface area contributed by atoms with E-state index < -0.39 is 0 Å². The lowest BCUT2D eigenvalue weighted by Gasteiger charge is -2.27. The van der Waals surface area contributed by atoms with Crippen molar-refractivity contribution in [3.8, 4) is 0 Å². The van der Waals surface area contributed by atoms with Crippen LogP contribution < -0.4 is 5.32 Å². The van der Waals surface area contributed by atoms with E-state index in [1.165, 1.54) is 0 Å². The second-order valence-electron chi connectivity index (χ2n) is 6.27. The van der Waals surface area contributed by atoms with E-state index in [1.807, 2.05) is 66.1 Å². The number of hydrogen-bond acceptors (Lipinski definition) is 5. The van der Waals surface area contributed by atoms with E-state index in [0.29, 0.717) is 11.2 Å². The zero-order valence-electron chi connectivity index (χ0n) is 14.6. The Labute approximate surface area is 156 Å². The lowest BCUT2D eigenvalue weighted by atomic mass is 10.1. The molecule has 132 valence electrons. The molecule has 1 amide bonds. The minimum atomic E-state index is 0.0266. The minimum Gasteiger partial charge on any atom is -0.354 e. The number of fused-ring (bicyclic) bond motifs is 1. The van der Waals surface area contributed by atoms with E-state index in [2.05, 4.69) is 15.3 Å². The molecule has 0 spiro atoms. The number of rotatable bonds is 3. The van der Waals surface area contributed by atoms with Gasteiger partial charge in [0.15, 0.2) is 5.65 Å². The number of para-hydroxylation sites is 1. The molecule has 1 saturated heterocycles. The van der Waals surface area contributed by atoms with Crippen LogP contribution in [0.15, 0.2) is 48.7 Å². The van der Waals surface area contributed by atoms with Crippen LogP contribution in [-0.2, 0) is 0 Å². The summed E-state index contributed by atoms with van der Waals surface area (Å²) in [5, 5.41) is 4.28. The maximum atomic E-state index is 13.1. The normalized spacial score (nSPS) is 14.4. The summed E-state index contributed by atoms with van der Waals surface area (Å²) < 4.78 is 0. The van der Waals surface area contributed by atoms with Gasteiger partial charge in [0.2, 0.25) is 0 Å². The van der Waals surface area contributed by atoms with E-state index in [-0.39, 0.29) is 5.91 Å². The van der Waals surface area contributed by atoms with Gasteiger partial charge in [-0.25, -0.2) is 9.97 Å². The molecule has 0 bridgehead atoms. The van der Waals surface area contributed by atoms with Gasteiger partial charge in [-0.3, -0.25) is 4.79 Å². The summed E-state index contributed by atoms with van der Waals surface area (Å²) >= 11 is 1.89. The number of pyridine rings is 2. The largest absolute Gasteiger partial charge is 0.354 e. The summed E-state index contributed by atoms with van der Waals surface area (Å²) in [6.45, 7) is 3.49. The highest BCUT2D eigenvalue weighted by Crippen LogP contribution is 2.30. The van der Waals surface area contributed by atoms with Gasteiger partial charge in [-0.2, -0.15) is 11.8 Å². The zero-order valence-corrected chi connectivity index (χ0v) is 15.4. The molecule has 26 heavy (non-hydrogen) atoms. The summed E-state index contributed by atoms with van der Waals surface area (Å²) in [5.41, 5.74) is 3.86. The maximum absolute atomic E-state index is 13.1. The molecule has 2 aromatic heterocycles. The number of aryl methyl sites for hydroxylation is 1. The Morgan fingerprint density at radius 3 is 2.65 bits per heavy atom. The van der Waals surface area contributed by atoms with Gasteiger partial charge in [-0.15, -0.1) is 0 Å². The van der Waals surface area contributed by atoms with Gasteiger partial charge in [-0.05, 0) is 31.2 Å². The molecular formula is C20H20N4OS. The van der Waals surface area contributed by atoms with Crippen molar-refractivity contribution in [1.82, 2.24) is 14.9 Å². The monoisotopic (exact) mass is 364 g/mol. The number of nitrogens with one attached hydrogen (secondary N) is 1. The Balaban J connectivity index is 1.81. The highest BCUT2D eigenvalue weighted by Gasteiger charge is 2.23.